The van der Waals surface area contributed by atoms with Crippen molar-refractivity contribution in [2.75, 3.05) is 20.3 Å². The van der Waals surface area contributed by atoms with E-state index in [1.54, 1.807) is 7.05 Å². The lowest BCUT2D eigenvalue weighted by atomic mass is 10.1. The number of nitrogens with zero attached hydrogens (tertiary/aromatic N) is 1. The lowest BCUT2D eigenvalue weighted by molar-refractivity contribution is 0.133. The van der Waals surface area contributed by atoms with Crippen LogP contribution in [0.2, 0.25) is 0 Å². The number of benzene rings is 2. The molecule has 0 amide bonds. The van der Waals surface area contributed by atoms with Gasteiger partial charge < -0.3 is 20.1 Å². The fourth-order valence-corrected chi connectivity index (χ4v) is 2.94. The molecule has 1 aliphatic rings. The van der Waals surface area contributed by atoms with Crippen LogP contribution in [0, 0.1) is 5.92 Å². The Labute approximate surface area is 191 Å². The molecule has 0 atom stereocenters. The Morgan fingerprint density at radius 2 is 1.59 bits per heavy atom. The van der Waals surface area contributed by atoms with Gasteiger partial charge in [-0.3, -0.25) is 4.99 Å². The first-order valence-corrected chi connectivity index (χ1v) is 10.1. The average molecular weight is 509 g/mol. The van der Waals surface area contributed by atoms with Gasteiger partial charge in [-0.05, 0) is 42.9 Å². The van der Waals surface area contributed by atoms with E-state index in [1.165, 1.54) is 24.0 Å². The summed E-state index contributed by atoms with van der Waals surface area (Å²) < 4.78 is 11.6. The van der Waals surface area contributed by atoms with E-state index in [-0.39, 0.29) is 24.0 Å². The first-order chi connectivity index (χ1) is 13.8. The first-order valence-electron chi connectivity index (χ1n) is 10.1. The van der Waals surface area contributed by atoms with Crippen LogP contribution in [0.25, 0.3) is 0 Å². The van der Waals surface area contributed by atoms with Crippen molar-refractivity contribution in [3.63, 3.8) is 0 Å². The predicted octanol–water partition coefficient (Wildman–Crippen LogP) is 4.50. The largest absolute Gasteiger partial charge is 0.493 e. The topological polar surface area (TPSA) is 54.9 Å². The lowest BCUT2D eigenvalue weighted by Crippen LogP contribution is -2.36. The third-order valence-electron chi connectivity index (χ3n) is 4.84. The van der Waals surface area contributed by atoms with Crippen LogP contribution in [0.4, 0.5) is 0 Å². The van der Waals surface area contributed by atoms with Crippen LogP contribution in [-0.2, 0) is 24.4 Å². The SMILES string of the molecule is CCOCc1ccccc1CNC(=NC)NCc1ccccc1OCC1CC1.I. The molecule has 3 rings (SSSR count). The second-order valence-electron chi connectivity index (χ2n) is 7.05. The number of ether oxygens (including phenoxy) is 2. The van der Waals surface area contributed by atoms with Crippen molar-refractivity contribution in [2.24, 2.45) is 10.9 Å². The lowest BCUT2D eigenvalue weighted by Gasteiger charge is -2.16. The first kappa shape index (κ1) is 23.5. The zero-order chi connectivity index (χ0) is 19.6. The number of aliphatic imine (C=N–C) groups is 1. The molecule has 0 unspecified atom stereocenters. The summed E-state index contributed by atoms with van der Waals surface area (Å²) in [6, 6.07) is 16.5. The molecule has 0 radical (unpaired) electrons. The quantitative estimate of drug-likeness (QED) is 0.282. The van der Waals surface area contributed by atoms with Crippen molar-refractivity contribution in [3.05, 3.63) is 65.2 Å². The normalized spacial score (nSPS) is 13.5. The second kappa shape index (κ2) is 12.7. The maximum atomic E-state index is 6.00. The van der Waals surface area contributed by atoms with Crippen molar-refractivity contribution in [1.29, 1.82) is 0 Å². The monoisotopic (exact) mass is 509 g/mol. The summed E-state index contributed by atoms with van der Waals surface area (Å²) in [6.45, 7) is 5.54. The van der Waals surface area contributed by atoms with Gasteiger partial charge in [0.1, 0.15) is 5.75 Å². The molecule has 2 N–H and O–H groups in total. The van der Waals surface area contributed by atoms with Gasteiger partial charge in [0.15, 0.2) is 5.96 Å². The summed E-state index contributed by atoms with van der Waals surface area (Å²) in [5, 5.41) is 6.78. The summed E-state index contributed by atoms with van der Waals surface area (Å²) >= 11 is 0. The molecule has 1 aliphatic carbocycles. The molecule has 158 valence electrons. The second-order valence-corrected chi connectivity index (χ2v) is 7.05. The summed E-state index contributed by atoms with van der Waals surface area (Å²) in [5.41, 5.74) is 3.56. The van der Waals surface area contributed by atoms with Crippen LogP contribution < -0.4 is 15.4 Å². The van der Waals surface area contributed by atoms with Crippen molar-refractivity contribution in [3.8, 4) is 5.75 Å². The van der Waals surface area contributed by atoms with Gasteiger partial charge in [-0.15, -0.1) is 24.0 Å². The minimum Gasteiger partial charge on any atom is -0.493 e. The molecule has 2 aromatic carbocycles. The van der Waals surface area contributed by atoms with E-state index in [0.717, 1.165) is 29.8 Å². The molecule has 0 spiro atoms. The third-order valence-corrected chi connectivity index (χ3v) is 4.84. The van der Waals surface area contributed by atoms with E-state index in [4.69, 9.17) is 9.47 Å². The predicted molar refractivity (Wildman–Crippen MR) is 129 cm³/mol. The van der Waals surface area contributed by atoms with Crippen LogP contribution in [0.15, 0.2) is 53.5 Å². The van der Waals surface area contributed by atoms with E-state index in [2.05, 4.69) is 39.9 Å². The van der Waals surface area contributed by atoms with E-state index in [0.29, 0.717) is 26.3 Å². The zero-order valence-corrected chi connectivity index (χ0v) is 19.6. The standard InChI is InChI=1S/C23H31N3O2.HI/c1-3-27-17-21-10-5-4-8-19(21)14-25-23(24-2)26-15-20-9-6-7-11-22(20)28-16-18-12-13-18;/h4-11,18H,3,12-17H2,1-2H3,(H2,24,25,26);1H. The number of hydrogen-bond acceptors (Lipinski definition) is 3. The molecule has 1 saturated carbocycles. The molecule has 1 fully saturated rings. The van der Waals surface area contributed by atoms with E-state index in [1.807, 2.05) is 31.2 Å². The number of para-hydroxylation sites is 1. The summed E-state index contributed by atoms with van der Waals surface area (Å²) in [6.07, 6.45) is 2.59. The van der Waals surface area contributed by atoms with Gasteiger partial charge >= 0.3 is 0 Å². The Morgan fingerprint density at radius 3 is 2.24 bits per heavy atom. The van der Waals surface area contributed by atoms with Gasteiger partial charge in [0, 0.05) is 32.3 Å². The highest BCUT2D eigenvalue weighted by Crippen LogP contribution is 2.30. The Hall–Kier alpha value is -1.80. The van der Waals surface area contributed by atoms with Gasteiger partial charge in [-0.2, -0.15) is 0 Å². The molecule has 0 saturated heterocycles. The summed E-state index contributed by atoms with van der Waals surface area (Å²) in [4.78, 5) is 4.35. The fraction of sp³-hybridized carbons (Fsp3) is 0.435. The van der Waals surface area contributed by atoms with Crippen molar-refractivity contribution in [1.82, 2.24) is 10.6 Å². The molecule has 2 aromatic rings. The molecule has 0 aromatic heterocycles. The van der Waals surface area contributed by atoms with Crippen LogP contribution in [0.1, 0.15) is 36.5 Å². The fourth-order valence-electron chi connectivity index (χ4n) is 2.94. The molecular weight excluding hydrogens is 477 g/mol. The Balaban J connectivity index is 0.00000300. The van der Waals surface area contributed by atoms with E-state index >= 15 is 0 Å². The maximum Gasteiger partial charge on any atom is 0.191 e. The smallest absolute Gasteiger partial charge is 0.191 e. The van der Waals surface area contributed by atoms with Crippen molar-refractivity contribution < 1.29 is 9.47 Å². The minimum absolute atomic E-state index is 0. The molecule has 0 bridgehead atoms. The number of rotatable bonds is 10. The number of halogens is 1. The summed E-state index contributed by atoms with van der Waals surface area (Å²) in [7, 11) is 1.79. The highest BCUT2D eigenvalue weighted by atomic mass is 127. The summed E-state index contributed by atoms with van der Waals surface area (Å²) in [5.74, 6) is 2.47. The highest BCUT2D eigenvalue weighted by Gasteiger charge is 2.22. The Kier molecular flexibility index (Phi) is 10.3. The molecule has 6 heteroatoms. The van der Waals surface area contributed by atoms with Gasteiger partial charge in [0.2, 0.25) is 0 Å². The van der Waals surface area contributed by atoms with Gasteiger partial charge in [0.25, 0.3) is 0 Å². The van der Waals surface area contributed by atoms with Crippen LogP contribution in [0.3, 0.4) is 0 Å². The number of nitrogens with one attached hydrogen (secondary N) is 2. The highest BCUT2D eigenvalue weighted by molar-refractivity contribution is 14.0. The molecule has 5 nitrogen and oxygen atoms in total. The molecule has 0 heterocycles. The van der Waals surface area contributed by atoms with E-state index < -0.39 is 0 Å². The van der Waals surface area contributed by atoms with Crippen LogP contribution in [-0.4, -0.2) is 26.2 Å². The Morgan fingerprint density at radius 1 is 0.966 bits per heavy atom. The zero-order valence-electron chi connectivity index (χ0n) is 17.3. The van der Waals surface area contributed by atoms with Crippen LogP contribution >= 0.6 is 24.0 Å². The maximum absolute atomic E-state index is 6.00. The van der Waals surface area contributed by atoms with Gasteiger partial charge in [0.05, 0.1) is 13.2 Å². The van der Waals surface area contributed by atoms with Gasteiger partial charge in [-0.25, -0.2) is 0 Å². The third kappa shape index (κ3) is 7.85. The number of hydrogen-bond donors (Lipinski definition) is 2. The van der Waals surface area contributed by atoms with E-state index in [9.17, 15) is 0 Å². The average Bonchev–Trinajstić information content (AvgIpc) is 3.56. The Bertz CT molecular complexity index is 778. The molecule has 29 heavy (non-hydrogen) atoms. The van der Waals surface area contributed by atoms with Crippen LogP contribution in [0.5, 0.6) is 5.75 Å². The minimum atomic E-state index is 0. The van der Waals surface area contributed by atoms with Crippen molar-refractivity contribution in [2.45, 2.75) is 39.5 Å². The van der Waals surface area contributed by atoms with Crippen molar-refractivity contribution >= 4 is 29.9 Å². The van der Waals surface area contributed by atoms with Gasteiger partial charge in [-0.1, -0.05) is 42.5 Å². The molecular formula is C23H32IN3O2. The number of guanidine groups is 1. The molecule has 0 aliphatic heterocycles.